The number of halogens is 1. The smallest absolute Gasteiger partial charge is 0.408 e. The van der Waals surface area contributed by atoms with E-state index in [-0.39, 0.29) is 12.2 Å². The van der Waals surface area contributed by atoms with Crippen LogP contribution >= 0.6 is 11.6 Å². The number of benzene rings is 3. The molecule has 3 rings (SSSR count). The SMILES string of the molecule is Cc1ccccc1C(C(=O)Nc1c(C)cccc1Cl)N(CC#N)C(=O)C(Cc1ccc(O)cc1)NC(=O)OC(C)(C)C. The minimum Gasteiger partial charge on any atom is -0.508 e. The molecule has 0 heterocycles. The second kappa shape index (κ2) is 13.9. The number of nitrogens with one attached hydrogen (secondary N) is 2. The standard InChI is InChI=1S/C32H35ClN4O5/c1-20-9-6-7-11-24(20)28(29(39)36-27-21(2)10-8-12-25(27)33)37(18-17-34)30(40)26(35-31(41)42-32(3,4)5)19-22-13-15-23(38)16-14-22/h6-16,26,28,38H,18-19H2,1-5H3,(H,35,41)(H,36,39). The molecule has 9 nitrogen and oxygen atoms in total. The van der Waals surface area contributed by atoms with Gasteiger partial charge in [0.1, 0.15) is 30.0 Å². The monoisotopic (exact) mass is 590 g/mol. The zero-order chi connectivity index (χ0) is 31.0. The summed E-state index contributed by atoms with van der Waals surface area (Å²) in [6.07, 6.45) is -0.827. The normalized spacial score (nSPS) is 12.4. The fourth-order valence-corrected chi connectivity index (χ4v) is 4.69. The summed E-state index contributed by atoms with van der Waals surface area (Å²) in [5.74, 6) is -1.21. The number of hydrogen-bond acceptors (Lipinski definition) is 6. The van der Waals surface area contributed by atoms with Gasteiger partial charge in [-0.2, -0.15) is 5.26 Å². The summed E-state index contributed by atoms with van der Waals surface area (Å²) >= 11 is 6.39. The number of phenols is 1. The molecule has 0 aliphatic carbocycles. The van der Waals surface area contributed by atoms with Crippen LogP contribution in [-0.4, -0.2) is 46.1 Å². The van der Waals surface area contributed by atoms with Gasteiger partial charge in [-0.1, -0.05) is 60.1 Å². The first-order valence-corrected chi connectivity index (χ1v) is 13.7. The Kier molecular flexibility index (Phi) is 10.6. The van der Waals surface area contributed by atoms with Crippen LogP contribution in [0.1, 0.15) is 49.1 Å². The molecule has 0 radical (unpaired) electrons. The molecule has 2 unspecified atom stereocenters. The quantitative estimate of drug-likeness (QED) is 0.269. The number of carbonyl (C=O) groups is 3. The van der Waals surface area contributed by atoms with E-state index in [0.717, 1.165) is 10.5 Å². The van der Waals surface area contributed by atoms with Crippen LogP contribution in [0, 0.1) is 25.2 Å². The van der Waals surface area contributed by atoms with Crippen molar-refractivity contribution < 1.29 is 24.2 Å². The Morgan fingerprint density at radius 3 is 2.24 bits per heavy atom. The van der Waals surface area contributed by atoms with Crippen molar-refractivity contribution in [3.8, 4) is 11.8 Å². The lowest BCUT2D eigenvalue weighted by molar-refractivity contribution is -0.140. The summed E-state index contributed by atoms with van der Waals surface area (Å²) in [5.41, 5.74) is 2.12. The average molecular weight is 591 g/mol. The first kappa shape index (κ1) is 32.0. The maximum atomic E-state index is 14.3. The largest absolute Gasteiger partial charge is 0.508 e. The maximum absolute atomic E-state index is 14.3. The second-order valence-electron chi connectivity index (χ2n) is 10.9. The second-order valence-corrected chi connectivity index (χ2v) is 11.3. The van der Waals surface area contributed by atoms with Crippen LogP contribution in [0.25, 0.3) is 0 Å². The lowest BCUT2D eigenvalue weighted by Crippen LogP contribution is -2.53. The zero-order valence-corrected chi connectivity index (χ0v) is 25.0. The highest BCUT2D eigenvalue weighted by Gasteiger charge is 2.37. The summed E-state index contributed by atoms with van der Waals surface area (Å²) in [6.45, 7) is 8.23. The van der Waals surface area contributed by atoms with Crippen molar-refractivity contribution in [1.29, 1.82) is 5.26 Å². The highest BCUT2D eigenvalue weighted by molar-refractivity contribution is 6.34. The lowest BCUT2D eigenvalue weighted by atomic mass is 9.97. The number of alkyl carbamates (subject to hydrolysis) is 1. The van der Waals surface area contributed by atoms with Gasteiger partial charge in [0.15, 0.2) is 0 Å². The van der Waals surface area contributed by atoms with E-state index in [1.165, 1.54) is 12.1 Å². The number of nitrogens with zero attached hydrogens (tertiary/aromatic N) is 2. The van der Waals surface area contributed by atoms with E-state index in [1.807, 2.05) is 6.07 Å². The molecule has 220 valence electrons. The summed E-state index contributed by atoms with van der Waals surface area (Å²) in [5, 5.41) is 25.3. The predicted molar refractivity (Wildman–Crippen MR) is 161 cm³/mol. The Morgan fingerprint density at radius 2 is 1.64 bits per heavy atom. The molecule has 0 aromatic heterocycles. The molecule has 10 heteroatoms. The molecule has 3 aromatic rings. The molecule has 3 aromatic carbocycles. The summed E-state index contributed by atoms with van der Waals surface area (Å²) in [4.78, 5) is 42.3. The van der Waals surface area contributed by atoms with E-state index in [9.17, 15) is 24.8 Å². The fraction of sp³-hybridized carbons (Fsp3) is 0.312. The summed E-state index contributed by atoms with van der Waals surface area (Å²) < 4.78 is 5.41. The fourth-order valence-electron chi connectivity index (χ4n) is 4.42. The predicted octanol–water partition coefficient (Wildman–Crippen LogP) is 5.83. The van der Waals surface area contributed by atoms with Crippen LogP contribution in [0.4, 0.5) is 10.5 Å². The van der Waals surface area contributed by atoms with Gasteiger partial charge in [-0.15, -0.1) is 0 Å². The van der Waals surface area contributed by atoms with Crippen molar-refractivity contribution in [3.63, 3.8) is 0 Å². The number of nitriles is 1. The third-order valence-corrected chi connectivity index (χ3v) is 6.72. The van der Waals surface area contributed by atoms with Gasteiger partial charge >= 0.3 is 6.09 Å². The molecule has 3 amide bonds. The van der Waals surface area contributed by atoms with Crippen LogP contribution in [0.5, 0.6) is 5.75 Å². The van der Waals surface area contributed by atoms with Crippen LogP contribution in [-0.2, 0) is 20.7 Å². The Hall–Kier alpha value is -4.55. The highest BCUT2D eigenvalue weighted by atomic mass is 35.5. The van der Waals surface area contributed by atoms with Crippen LogP contribution in [0.15, 0.2) is 66.7 Å². The number of hydrogen-bond donors (Lipinski definition) is 3. The number of aryl methyl sites for hydroxylation is 2. The number of carbonyl (C=O) groups excluding carboxylic acids is 3. The van der Waals surface area contributed by atoms with Crippen LogP contribution in [0.2, 0.25) is 5.02 Å². The molecule has 0 fully saturated rings. The van der Waals surface area contributed by atoms with E-state index in [0.29, 0.717) is 27.4 Å². The van der Waals surface area contributed by atoms with Gasteiger partial charge in [-0.05, 0) is 75.1 Å². The summed E-state index contributed by atoms with van der Waals surface area (Å²) in [6, 6.07) is 18.0. The Bertz CT molecular complexity index is 1460. The minimum atomic E-state index is -1.24. The van der Waals surface area contributed by atoms with Crippen LogP contribution in [0.3, 0.4) is 0 Å². The zero-order valence-electron chi connectivity index (χ0n) is 24.3. The molecular formula is C32H35ClN4O5. The Balaban J connectivity index is 2.08. The lowest BCUT2D eigenvalue weighted by Gasteiger charge is -2.33. The number of amides is 3. The van der Waals surface area contributed by atoms with Gasteiger partial charge in [-0.25, -0.2) is 4.79 Å². The van der Waals surface area contributed by atoms with E-state index in [1.54, 1.807) is 89.2 Å². The van der Waals surface area contributed by atoms with Crippen molar-refractivity contribution in [1.82, 2.24) is 10.2 Å². The first-order valence-electron chi connectivity index (χ1n) is 13.4. The molecular weight excluding hydrogens is 556 g/mol. The minimum absolute atomic E-state index is 0.00597. The van der Waals surface area contributed by atoms with Gasteiger partial charge in [-0.3, -0.25) is 9.59 Å². The molecule has 0 aliphatic heterocycles. The van der Waals surface area contributed by atoms with E-state index in [4.69, 9.17) is 16.3 Å². The van der Waals surface area contributed by atoms with Crippen molar-refractivity contribution in [2.45, 2.75) is 58.7 Å². The molecule has 3 N–H and O–H groups in total. The average Bonchev–Trinajstić information content (AvgIpc) is 2.91. The topological polar surface area (TPSA) is 132 Å². The third-order valence-electron chi connectivity index (χ3n) is 6.40. The molecule has 0 saturated carbocycles. The number of phenolic OH excluding ortho intramolecular Hbond substituents is 1. The van der Waals surface area contributed by atoms with E-state index < -0.39 is 42.1 Å². The summed E-state index contributed by atoms with van der Waals surface area (Å²) in [7, 11) is 0. The number of anilines is 1. The third kappa shape index (κ3) is 8.48. The Labute approximate surface area is 251 Å². The van der Waals surface area contributed by atoms with Crippen molar-refractivity contribution in [2.24, 2.45) is 0 Å². The van der Waals surface area contributed by atoms with Crippen LogP contribution < -0.4 is 10.6 Å². The van der Waals surface area contributed by atoms with Gasteiger partial charge in [0.25, 0.3) is 5.91 Å². The van der Waals surface area contributed by atoms with Gasteiger partial charge < -0.3 is 25.4 Å². The first-order chi connectivity index (χ1) is 19.8. The molecule has 42 heavy (non-hydrogen) atoms. The number of aromatic hydroxyl groups is 1. The van der Waals surface area contributed by atoms with Gasteiger partial charge in [0.05, 0.1) is 16.8 Å². The van der Waals surface area contributed by atoms with Crippen molar-refractivity contribution >= 4 is 35.2 Å². The van der Waals surface area contributed by atoms with E-state index >= 15 is 0 Å². The Morgan fingerprint density at radius 1 is 1.00 bits per heavy atom. The van der Waals surface area contributed by atoms with E-state index in [2.05, 4.69) is 10.6 Å². The molecule has 0 spiro atoms. The number of para-hydroxylation sites is 1. The number of rotatable bonds is 9. The molecule has 2 atom stereocenters. The highest BCUT2D eigenvalue weighted by Crippen LogP contribution is 2.30. The molecule has 0 bridgehead atoms. The van der Waals surface area contributed by atoms with Crippen molar-refractivity contribution in [2.75, 3.05) is 11.9 Å². The van der Waals surface area contributed by atoms with Gasteiger partial charge in [0.2, 0.25) is 5.91 Å². The number of ether oxygens (including phenoxy) is 1. The van der Waals surface area contributed by atoms with Crippen molar-refractivity contribution in [3.05, 3.63) is 94.0 Å². The molecule has 0 saturated heterocycles. The van der Waals surface area contributed by atoms with Gasteiger partial charge in [0, 0.05) is 6.42 Å². The maximum Gasteiger partial charge on any atom is 0.408 e. The molecule has 0 aliphatic rings.